The van der Waals surface area contributed by atoms with Gasteiger partial charge in [0.1, 0.15) is 31.6 Å². The molecule has 3 aromatic rings. The number of nitrogens with zero attached hydrogens (tertiary/aromatic N) is 2. The highest BCUT2D eigenvalue weighted by atomic mass is 32.2. The van der Waals surface area contributed by atoms with E-state index in [1.54, 1.807) is 6.92 Å². The molecule has 0 bridgehead atoms. The molecule has 0 spiro atoms. The van der Waals surface area contributed by atoms with Gasteiger partial charge in [-0.3, -0.25) is 13.9 Å². The van der Waals surface area contributed by atoms with Gasteiger partial charge in [-0.25, -0.2) is 12.8 Å². The Hall–Kier alpha value is -4.12. The molecule has 1 aliphatic heterocycles. The number of hydrogen-bond donors (Lipinski definition) is 1. The van der Waals surface area contributed by atoms with Crippen molar-refractivity contribution in [2.75, 3.05) is 31.1 Å². The fraction of sp³-hybridized carbons (Fsp3) is 0.310. The zero-order chi connectivity index (χ0) is 28.9. The van der Waals surface area contributed by atoms with Crippen LogP contribution in [0.1, 0.15) is 24.5 Å². The van der Waals surface area contributed by atoms with Crippen LogP contribution in [-0.4, -0.2) is 58.0 Å². The van der Waals surface area contributed by atoms with E-state index in [2.05, 4.69) is 5.32 Å². The average Bonchev–Trinajstić information content (AvgIpc) is 2.96. The molecule has 3 aromatic carbocycles. The van der Waals surface area contributed by atoms with Gasteiger partial charge in [-0.05, 0) is 55.3 Å². The van der Waals surface area contributed by atoms with Gasteiger partial charge >= 0.3 is 0 Å². The summed E-state index contributed by atoms with van der Waals surface area (Å²) in [7, 11) is -2.86. The fourth-order valence-corrected chi connectivity index (χ4v) is 5.85. The molecule has 4 rings (SSSR count). The molecule has 1 atom stereocenters. The van der Waals surface area contributed by atoms with Crippen molar-refractivity contribution >= 4 is 27.5 Å². The maximum absolute atomic E-state index is 14.0. The number of aryl methyl sites for hydroxylation is 1. The zero-order valence-corrected chi connectivity index (χ0v) is 23.4. The number of carbonyl (C=O) groups is 2. The standard InChI is InChI=1S/C29H32FN3O6S/c1-4-25(29(35)31-3)32(18-21-7-5-20(2)6-8-21)28(34)19-33(23-11-9-22(30)10-12-23)40(36,37)24-13-14-26-27(17-24)39-16-15-38-26/h5-14,17,25H,4,15-16,18-19H2,1-3H3,(H,31,35). The topological polar surface area (TPSA) is 105 Å². The van der Waals surface area contributed by atoms with Gasteiger partial charge in [0.05, 0.1) is 10.6 Å². The Bertz CT molecular complexity index is 1460. The van der Waals surface area contributed by atoms with Gasteiger partial charge in [0, 0.05) is 19.7 Å². The number of benzene rings is 3. The van der Waals surface area contributed by atoms with Crippen LogP contribution >= 0.6 is 0 Å². The highest BCUT2D eigenvalue weighted by Gasteiger charge is 2.34. The number of anilines is 1. The summed E-state index contributed by atoms with van der Waals surface area (Å²) in [6.45, 7) is 3.79. The molecular formula is C29H32FN3O6S. The molecule has 0 saturated carbocycles. The molecule has 0 aliphatic carbocycles. The number of ether oxygens (including phenoxy) is 2. The van der Waals surface area contributed by atoms with E-state index in [1.807, 2.05) is 31.2 Å². The summed E-state index contributed by atoms with van der Waals surface area (Å²) in [5, 5.41) is 2.59. The summed E-state index contributed by atoms with van der Waals surface area (Å²) in [6.07, 6.45) is 0.308. The van der Waals surface area contributed by atoms with E-state index in [4.69, 9.17) is 9.47 Å². The number of hydrogen-bond acceptors (Lipinski definition) is 6. The third-order valence-electron chi connectivity index (χ3n) is 6.60. The molecular weight excluding hydrogens is 537 g/mol. The molecule has 1 unspecified atom stereocenters. The number of sulfonamides is 1. The van der Waals surface area contributed by atoms with E-state index in [0.717, 1.165) is 27.6 Å². The molecule has 0 saturated heterocycles. The van der Waals surface area contributed by atoms with Gasteiger partial charge in [0.25, 0.3) is 10.0 Å². The van der Waals surface area contributed by atoms with Crippen LogP contribution in [0.15, 0.2) is 71.6 Å². The van der Waals surface area contributed by atoms with E-state index >= 15 is 0 Å². The minimum atomic E-state index is -4.34. The predicted molar refractivity (Wildman–Crippen MR) is 148 cm³/mol. The average molecular weight is 570 g/mol. The van der Waals surface area contributed by atoms with Crippen LogP contribution in [0.2, 0.25) is 0 Å². The maximum atomic E-state index is 14.0. The van der Waals surface area contributed by atoms with Crippen LogP contribution in [0.3, 0.4) is 0 Å². The molecule has 40 heavy (non-hydrogen) atoms. The smallest absolute Gasteiger partial charge is 0.264 e. The normalized spacial score (nSPS) is 13.3. The van der Waals surface area contributed by atoms with Crippen molar-refractivity contribution in [2.24, 2.45) is 0 Å². The molecule has 0 aromatic heterocycles. The molecule has 9 nitrogen and oxygen atoms in total. The second-order valence-corrected chi connectivity index (χ2v) is 11.2. The first-order valence-corrected chi connectivity index (χ1v) is 14.3. The fourth-order valence-electron chi connectivity index (χ4n) is 4.42. The number of fused-ring (bicyclic) bond motifs is 1. The molecule has 0 fully saturated rings. The lowest BCUT2D eigenvalue weighted by atomic mass is 10.1. The van der Waals surface area contributed by atoms with Gasteiger partial charge in [0.15, 0.2) is 11.5 Å². The third-order valence-corrected chi connectivity index (χ3v) is 8.37. The van der Waals surface area contributed by atoms with Crippen LogP contribution < -0.4 is 19.1 Å². The maximum Gasteiger partial charge on any atom is 0.264 e. The molecule has 212 valence electrons. The van der Waals surface area contributed by atoms with E-state index in [1.165, 1.54) is 42.3 Å². The van der Waals surface area contributed by atoms with E-state index < -0.39 is 34.3 Å². The van der Waals surface area contributed by atoms with Crippen LogP contribution in [0.25, 0.3) is 0 Å². The van der Waals surface area contributed by atoms with Gasteiger partial charge in [-0.15, -0.1) is 0 Å². The van der Waals surface area contributed by atoms with Crippen molar-refractivity contribution in [3.05, 3.63) is 83.7 Å². The summed E-state index contributed by atoms with van der Waals surface area (Å²) < 4.78 is 53.7. The quantitative estimate of drug-likeness (QED) is 0.400. The zero-order valence-electron chi connectivity index (χ0n) is 22.6. The monoisotopic (exact) mass is 569 g/mol. The Morgan fingerprint density at radius 3 is 2.25 bits per heavy atom. The summed E-state index contributed by atoms with van der Waals surface area (Å²) in [5.74, 6) is -0.842. The second-order valence-electron chi connectivity index (χ2n) is 9.34. The van der Waals surface area contributed by atoms with Crippen molar-refractivity contribution < 1.29 is 31.9 Å². The summed E-state index contributed by atoms with van der Waals surface area (Å²) >= 11 is 0. The highest BCUT2D eigenvalue weighted by molar-refractivity contribution is 7.92. The lowest BCUT2D eigenvalue weighted by Crippen LogP contribution is -2.51. The highest BCUT2D eigenvalue weighted by Crippen LogP contribution is 2.34. The Labute approximate surface area is 233 Å². The first-order chi connectivity index (χ1) is 19.1. The molecule has 11 heteroatoms. The Kier molecular flexibility index (Phi) is 8.93. The summed E-state index contributed by atoms with van der Waals surface area (Å²) in [4.78, 5) is 27.9. The van der Waals surface area contributed by atoms with Crippen LogP contribution in [-0.2, 0) is 26.2 Å². The Balaban J connectivity index is 1.74. The third kappa shape index (κ3) is 6.36. The minimum absolute atomic E-state index is 0.0897. The van der Waals surface area contributed by atoms with Crippen LogP contribution in [0.4, 0.5) is 10.1 Å². The van der Waals surface area contributed by atoms with E-state index in [9.17, 15) is 22.4 Å². The van der Waals surface area contributed by atoms with Gasteiger partial charge in [0.2, 0.25) is 11.8 Å². The summed E-state index contributed by atoms with van der Waals surface area (Å²) in [6, 6.07) is 15.7. The predicted octanol–water partition coefficient (Wildman–Crippen LogP) is 3.65. The van der Waals surface area contributed by atoms with E-state index in [0.29, 0.717) is 18.8 Å². The molecule has 0 radical (unpaired) electrons. The second kappa shape index (κ2) is 12.4. The first-order valence-electron chi connectivity index (χ1n) is 12.9. The molecule has 1 aliphatic rings. The number of likely N-dealkylation sites (N-methyl/N-ethyl adjacent to an activating group) is 1. The van der Waals surface area contributed by atoms with Crippen molar-refractivity contribution in [3.8, 4) is 11.5 Å². The van der Waals surface area contributed by atoms with Crippen molar-refractivity contribution in [1.29, 1.82) is 0 Å². The van der Waals surface area contributed by atoms with Gasteiger partial charge < -0.3 is 19.7 Å². The number of carbonyl (C=O) groups excluding carboxylic acids is 2. The lowest BCUT2D eigenvalue weighted by Gasteiger charge is -2.33. The van der Waals surface area contributed by atoms with Gasteiger partial charge in [-0.1, -0.05) is 36.8 Å². The summed E-state index contributed by atoms with van der Waals surface area (Å²) in [5.41, 5.74) is 1.91. The van der Waals surface area contributed by atoms with Crippen molar-refractivity contribution in [1.82, 2.24) is 10.2 Å². The number of halogens is 1. The van der Waals surface area contributed by atoms with Gasteiger partial charge in [-0.2, -0.15) is 0 Å². The minimum Gasteiger partial charge on any atom is -0.486 e. The molecule has 1 heterocycles. The number of amides is 2. The largest absolute Gasteiger partial charge is 0.486 e. The first kappa shape index (κ1) is 28.9. The SMILES string of the molecule is CCC(C(=O)NC)N(Cc1ccc(C)cc1)C(=O)CN(c1ccc(F)cc1)S(=O)(=O)c1ccc2c(c1)OCCO2. The molecule has 2 amide bonds. The Morgan fingerprint density at radius 1 is 0.975 bits per heavy atom. The molecule has 1 N–H and O–H groups in total. The van der Waals surface area contributed by atoms with Crippen LogP contribution in [0, 0.1) is 12.7 Å². The van der Waals surface area contributed by atoms with Crippen LogP contribution in [0.5, 0.6) is 11.5 Å². The lowest BCUT2D eigenvalue weighted by molar-refractivity contribution is -0.140. The number of rotatable bonds is 10. The number of nitrogens with one attached hydrogen (secondary N) is 1. The van der Waals surface area contributed by atoms with E-state index in [-0.39, 0.29) is 35.4 Å². The van der Waals surface area contributed by atoms with Crippen molar-refractivity contribution in [2.45, 2.75) is 37.8 Å². The Morgan fingerprint density at radius 2 is 1.62 bits per heavy atom. The van der Waals surface area contributed by atoms with Crippen molar-refractivity contribution in [3.63, 3.8) is 0 Å².